The third kappa shape index (κ3) is 2.92. The second-order valence-corrected chi connectivity index (χ2v) is 6.30. The first-order chi connectivity index (χ1) is 10.0. The molecule has 0 radical (unpaired) electrons. The Balaban J connectivity index is 1.76. The lowest BCUT2D eigenvalue weighted by Gasteiger charge is -2.22. The maximum Gasteiger partial charge on any atom is 0.270 e. The number of amides is 1. The average Bonchev–Trinajstić information content (AvgIpc) is 3.04. The molecule has 1 saturated carbocycles. The quantitative estimate of drug-likeness (QED) is 0.915. The summed E-state index contributed by atoms with van der Waals surface area (Å²) in [4.78, 5) is 17.3. The number of H-pyrrole nitrogens is 1. The van der Waals surface area contributed by atoms with Crippen molar-refractivity contribution < 1.29 is 9.90 Å². The van der Waals surface area contributed by atoms with Crippen LogP contribution in [-0.4, -0.2) is 40.6 Å². The Morgan fingerprint density at radius 2 is 2.24 bits per heavy atom. The fourth-order valence-electron chi connectivity index (χ4n) is 3.09. The molecule has 1 aliphatic rings. The van der Waals surface area contributed by atoms with Crippen molar-refractivity contribution in [2.45, 2.75) is 25.4 Å². The van der Waals surface area contributed by atoms with E-state index in [9.17, 15) is 9.90 Å². The Kier molecular flexibility index (Phi) is 3.91. The molecule has 1 aliphatic carbocycles. The Bertz CT molecular complexity index is 667. The molecule has 21 heavy (non-hydrogen) atoms. The number of aliphatic hydroxyl groups excluding tert-OH is 1. The maximum atomic E-state index is 12.5. The molecule has 1 aromatic heterocycles. The van der Waals surface area contributed by atoms with E-state index in [0.717, 1.165) is 30.2 Å². The number of nitrogens with one attached hydrogen (secondary N) is 1. The lowest BCUT2D eigenvalue weighted by Crippen LogP contribution is -2.34. The highest BCUT2D eigenvalue weighted by Crippen LogP contribution is 2.27. The van der Waals surface area contributed by atoms with Gasteiger partial charge < -0.3 is 15.0 Å². The molecule has 2 N–H and O–H groups in total. The van der Waals surface area contributed by atoms with Crippen molar-refractivity contribution in [3.05, 3.63) is 35.0 Å². The number of hydrogen-bond donors (Lipinski definition) is 2. The molecule has 112 valence electrons. The van der Waals surface area contributed by atoms with E-state index < -0.39 is 0 Å². The van der Waals surface area contributed by atoms with Crippen molar-refractivity contribution in [2.75, 3.05) is 13.6 Å². The van der Waals surface area contributed by atoms with E-state index in [-0.39, 0.29) is 17.9 Å². The minimum Gasteiger partial charge on any atom is -0.393 e. The van der Waals surface area contributed by atoms with Gasteiger partial charge in [-0.15, -0.1) is 0 Å². The summed E-state index contributed by atoms with van der Waals surface area (Å²) >= 11 is 5.96. The smallest absolute Gasteiger partial charge is 0.270 e. The zero-order chi connectivity index (χ0) is 15.0. The van der Waals surface area contributed by atoms with Crippen LogP contribution < -0.4 is 0 Å². The second-order valence-electron chi connectivity index (χ2n) is 5.86. The minimum atomic E-state index is -0.276. The number of aromatic amines is 1. The number of rotatable bonds is 3. The standard InChI is InChI=1S/C16H19ClN2O2/c1-19(9-10-3-2-4-15(10)20)16(21)14-8-11-7-12(17)5-6-13(11)18-14/h5-8,10,15,18,20H,2-4,9H2,1H3. The van der Waals surface area contributed by atoms with E-state index in [1.54, 1.807) is 18.0 Å². The van der Waals surface area contributed by atoms with Crippen LogP contribution in [0.25, 0.3) is 10.9 Å². The highest BCUT2D eigenvalue weighted by Gasteiger charge is 2.28. The third-order valence-corrected chi connectivity index (χ3v) is 4.52. The summed E-state index contributed by atoms with van der Waals surface area (Å²) in [6.07, 6.45) is 2.60. The number of benzene rings is 1. The molecule has 1 heterocycles. The van der Waals surface area contributed by atoms with E-state index in [2.05, 4.69) is 4.98 Å². The van der Waals surface area contributed by atoms with Crippen LogP contribution in [0.15, 0.2) is 24.3 Å². The van der Waals surface area contributed by atoms with Gasteiger partial charge >= 0.3 is 0 Å². The van der Waals surface area contributed by atoms with Crippen LogP contribution in [0.3, 0.4) is 0 Å². The fraction of sp³-hybridized carbons (Fsp3) is 0.438. The summed E-state index contributed by atoms with van der Waals surface area (Å²) in [6, 6.07) is 7.33. The second kappa shape index (κ2) is 5.70. The monoisotopic (exact) mass is 306 g/mol. The highest BCUT2D eigenvalue weighted by molar-refractivity contribution is 6.31. The minimum absolute atomic E-state index is 0.0542. The van der Waals surface area contributed by atoms with Gasteiger partial charge in [0.2, 0.25) is 0 Å². The zero-order valence-corrected chi connectivity index (χ0v) is 12.7. The van der Waals surface area contributed by atoms with Crippen molar-refractivity contribution in [2.24, 2.45) is 5.92 Å². The molecular formula is C16H19ClN2O2. The Hall–Kier alpha value is -1.52. The molecule has 0 bridgehead atoms. The topological polar surface area (TPSA) is 56.3 Å². The van der Waals surface area contributed by atoms with Crippen LogP contribution in [0.2, 0.25) is 5.02 Å². The van der Waals surface area contributed by atoms with E-state index in [4.69, 9.17) is 11.6 Å². The van der Waals surface area contributed by atoms with Gasteiger partial charge in [-0.05, 0) is 37.1 Å². The molecule has 0 aliphatic heterocycles. The lowest BCUT2D eigenvalue weighted by atomic mass is 10.1. The first kappa shape index (κ1) is 14.4. The highest BCUT2D eigenvalue weighted by atomic mass is 35.5. The number of hydrogen-bond acceptors (Lipinski definition) is 2. The molecule has 2 aromatic rings. The lowest BCUT2D eigenvalue weighted by molar-refractivity contribution is 0.0689. The number of aliphatic hydroxyl groups is 1. The van der Waals surface area contributed by atoms with Crippen LogP contribution >= 0.6 is 11.6 Å². The van der Waals surface area contributed by atoms with Gasteiger partial charge in [0.15, 0.2) is 0 Å². The number of aromatic nitrogens is 1. The molecule has 1 aromatic carbocycles. The molecule has 1 fully saturated rings. The van der Waals surface area contributed by atoms with Gasteiger partial charge in [0.25, 0.3) is 5.91 Å². The Labute approximate surface area is 128 Å². The van der Waals surface area contributed by atoms with Gasteiger partial charge in [0, 0.05) is 35.4 Å². The number of carbonyl (C=O) groups is 1. The molecule has 2 unspecified atom stereocenters. The van der Waals surface area contributed by atoms with Crippen molar-refractivity contribution >= 4 is 28.4 Å². The predicted octanol–water partition coefficient (Wildman–Crippen LogP) is 3.05. The van der Waals surface area contributed by atoms with Crippen molar-refractivity contribution in [1.82, 2.24) is 9.88 Å². The zero-order valence-electron chi connectivity index (χ0n) is 12.0. The van der Waals surface area contributed by atoms with Gasteiger partial charge in [-0.2, -0.15) is 0 Å². The van der Waals surface area contributed by atoms with Crippen molar-refractivity contribution in [1.29, 1.82) is 0 Å². The summed E-state index contributed by atoms with van der Waals surface area (Å²) in [5, 5.41) is 11.5. The van der Waals surface area contributed by atoms with Gasteiger partial charge in [0.1, 0.15) is 5.69 Å². The number of fused-ring (bicyclic) bond motifs is 1. The molecule has 1 amide bonds. The van der Waals surface area contributed by atoms with Crippen LogP contribution in [0, 0.1) is 5.92 Å². The third-order valence-electron chi connectivity index (χ3n) is 4.29. The van der Waals surface area contributed by atoms with E-state index in [1.807, 2.05) is 18.2 Å². The Morgan fingerprint density at radius 1 is 1.43 bits per heavy atom. The summed E-state index contributed by atoms with van der Waals surface area (Å²) in [5.74, 6) is 0.138. The molecule has 0 spiro atoms. The molecule has 3 rings (SSSR count). The first-order valence-electron chi connectivity index (χ1n) is 7.26. The summed E-state index contributed by atoms with van der Waals surface area (Å²) < 4.78 is 0. The average molecular weight is 307 g/mol. The fourth-order valence-corrected chi connectivity index (χ4v) is 3.27. The van der Waals surface area contributed by atoms with Crippen LogP contribution in [0.5, 0.6) is 0 Å². The number of halogens is 1. The van der Waals surface area contributed by atoms with Gasteiger partial charge in [0.05, 0.1) is 6.10 Å². The maximum absolute atomic E-state index is 12.5. The summed E-state index contributed by atoms with van der Waals surface area (Å²) in [6.45, 7) is 0.593. The van der Waals surface area contributed by atoms with Crippen LogP contribution in [0.1, 0.15) is 29.8 Å². The van der Waals surface area contributed by atoms with E-state index in [0.29, 0.717) is 17.3 Å². The van der Waals surface area contributed by atoms with Gasteiger partial charge in [-0.25, -0.2) is 0 Å². The normalized spacial score (nSPS) is 21.9. The van der Waals surface area contributed by atoms with Crippen LogP contribution in [-0.2, 0) is 0 Å². The first-order valence-corrected chi connectivity index (χ1v) is 7.64. The van der Waals surface area contributed by atoms with Crippen LogP contribution in [0.4, 0.5) is 0 Å². The predicted molar refractivity (Wildman–Crippen MR) is 83.6 cm³/mol. The van der Waals surface area contributed by atoms with Gasteiger partial charge in [-0.3, -0.25) is 4.79 Å². The number of carbonyl (C=O) groups excluding carboxylic acids is 1. The summed E-state index contributed by atoms with van der Waals surface area (Å²) in [5.41, 5.74) is 1.46. The SMILES string of the molecule is CN(CC1CCCC1O)C(=O)c1cc2cc(Cl)ccc2[nH]1. The Morgan fingerprint density at radius 3 is 2.95 bits per heavy atom. The van der Waals surface area contributed by atoms with Crippen molar-refractivity contribution in [3.8, 4) is 0 Å². The molecule has 5 heteroatoms. The molecule has 0 saturated heterocycles. The summed E-state index contributed by atoms with van der Waals surface area (Å²) in [7, 11) is 1.78. The molecule has 2 atom stereocenters. The largest absolute Gasteiger partial charge is 0.393 e. The van der Waals surface area contributed by atoms with E-state index >= 15 is 0 Å². The van der Waals surface area contributed by atoms with Gasteiger partial charge in [-0.1, -0.05) is 18.0 Å². The van der Waals surface area contributed by atoms with E-state index in [1.165, 1.54) is 0 Å². The molecular weight excluding hydrogens is 288 g/mol. The number of nitrogens with zero attached hydrogens (tertiary/aromatic N) is 1. The van der Waals surface area contributed by atoms with Crippen molar-refractivity contribution in [3.63, 3.8) is 0 Å². The molecule has 4 nitrogen and oxygen atoms in total.